The zero-order chi connectivity index (χ0) is 27.3. The zero-order valence-electron chi connectivity index (χ0n) is 22.0. The molecule has 38 heavy (non-hydrogen) atoms. The lowest BCUT2D eigenvalue weighted by Crippen LogP contribution is -2.39. The Morgan fingerprint density at radius 3 is 2.05 bits per heavy atom. The van der Waals surface area contributed by atoms with Crippen LogP contribution in [0.5, 0.6) is 23.0 Å². The van der Waals surface area contributed by atoms with Gasteiger partial charge in [0.25, 0.3) is 0 Å². The number of benzene rings is 3. The molecular formula is C30H35NO7. The van der Waals surface area contributed by atoms with Crippen LogP contribution in [0.2, 0.25) is 0 Å². The van der Waals surface area contributed by atoms with Crippen LogP contribution in [0.1, 0.15) is 26.3 Å². The van der Waals surface area contributed by atoms with Crippen molar-refractivity contribution < 1.29 is 33.6 Å². The van der Waals surface area contributed by atoms with E-state index in [4.69, 9.17) is 18.9 Å². The first kappa shape index (κ1) is 28.5. The van der Waals surface area contributed by atoms with Gasteiger partial charge in [-0.25, -0.2) is 9.59 Å². The SMILES string of the molecule is CCOC(Cc1ccc(OCCN(CC(C)C)C(=O)Oc2ccc(Oc3ccccc3)cc2)cc1)C(=O)O. The molecule has 8 nitrogen and oxygen atoms in total. The highest BCUT2D eigenvalue weighted by Gasteiger charge is 2.19. The summed E-state index contributed by atoms with van der Waals surface area (Å²) in [7, 11) is 0. The monoisotopic (exact) mass is 521 g/mol. The van der Waals surface area contributed by atoms with Crippen LogP contribution in [0.4, 0.5) is 4.79 Å². The molecule has 0 radical (unpaired) electrons. The van der Waals surface area contributed by atoms with Crippen molar-refractivity contribution >= 4 is 12.1 Å². The van der Waals surface area contributed by atoms with E-state index in [1.54, 1.807) is 48.2 Å². The fourth-order valence-electron chi connectivity index (χ4n) is 3.69. The fourth-order valence-corrected chi connectivity index (χ4v) is 3.69. The van der Waals surface area contributed by atoms with Gasteiger partial charge >= 0.3 is 12.1 Å². The van der Waals surface area contributed by atoms with Gasteiger partial charge in [0.05, 0.1) is 6.54 Å². The predicted octanol–water partition coefficient (Wildman–Crippen LogP) is 6.05. The minimum absolute atomic E-state index is 0.246. The Kier molecular flexibility index (Phi) is 11.0. The highest BCUT2D eigenvalue weighted by molar-refractivity contribution is 5.72. The first-order chi connectivity index (χ1) is 18.3. The third-order valence-electron chi connectivity index (χ3n) is 5.47. The van der Waals surface area contributed by atoms with Gasteiger partial charge < -0.3 is 29.0 Å². The number of carbonyl (C=O) groups is 2. The lowest BCUT2D eigenvalue weighted by atomic mass is 10.1. The second-order valence-electron chi connectivity index (χ2n) is 9.07. The molecule has 0 bridgehead atoms. The molecule has 1 amide bonds. The summed E-state index contributed by atoms with van der Waals surface area (Å²) in [5, 5.41) is 9.26. The van der Waals surface area contributed by atoms with E-state index < -0.39 is 18.2 Å². The van der Waals surface area contributed by atoms with E-state index in [1.807, 2.05) is 56.3 Å². The summed E-state index contributed by atoms with van der Waals surface area (Å²) in [4.78, 5) is 25.8. The maximum Gasteiger partial charge on any atom is 0.415 e. The summed E-state index contributed by atoms with van der Waals surface area (Å²) < 4.78 is 22.5. The van der Waals surface area contributed by atoms with Crippen molar-refractivity contribution in [2.24, 2.45) is 5.92 Å². The molecule has 1 atom stereocenters. The molecule has 0 aliphatic rings. The number of carboxylic acids is 1. The van der Waals surface area contributed by atoms with Gasteiger partial charge in [0, 0.05) is 19.6 Å². The van der Waals surface area contributed by atoms with Crippen molar-refractivity contribution in [3.05, 3.63) is 84.4 Å². The largest absolute Gasteiger partial charge is 0.492 e. The van der Waals surface area contributed by atoms with Gasteiger partial charge in [-0.05, 0) is 66.9 Å². The molecule has 3 aromatic carbocycles. The average Bonchev–Trinajstić information content (AvgIpc) is 2.90. The van der Waals surface area contributed by atoms with E-state index in [9.17, 15) is 14.7 Å². The van der Waals surface area contributed by atoms with E-state index in [0.29, 0.717) is 36.9 Å². The van der Waals surface area contributed by atoms with E-state index in [2.05, 4.69) is 0 Å². The molecule has 1 N–H and O–H groups in total. The molecule has 202 valence electrons. The number of carbonyl (C=O) groups excluding carboxylic acids is 1. The number of para-hydroxylation sites is 1. The van der Waals surface area contributed by atoms with Crippen LogP contribution in [0.25, 0.3) is 0 Å². The Hall–Kier alpha value is -4.04. The first-order valence-corrected chi connectivity index (χ1v) is 12.7. The van der Waals surface area contributed by atoms with Crippen molar-refractivity contribution in [3.63, 3.8) is 0 Å². The summed E-state index contributed by atoms with van der Waals surface area (Å²) in [6.07, 6.45) is -1.06. The van der Waals surface area contributed by atoms with Crippen LogP contribution in [0, 0.1) is 5.92 Å². The van der Waals surface area contributed by atoms with Crippen LogP contribution in [0.15, 0.2) is 78.9 Å². The number of carboxylic acid groups (broad SMARTS) is 1. The third kappa shape index (κ3) is 9.44. The normalized spacial score (nSPS) is 11.6. The zero-order valence-corrected chi connectivity index (χ0v) is 22.0. The number of hydrogen-bond donors (Lipinski definition) is 1. The molecule has 0 aliphatic carbocycles. The number of aliphatic carboxylic acids is 1. The van der Waals surface area contributed by atoms with Gasteiger partial charge in [0.15, 0.2) is 6.10 Å². The van der Waals surface area contributed by atoms with Gasteiger partial charge in [-0.1, -0.05) is 44.2 Å². The summed E-state index contributed by atoms with van der Waals surface area (Å²) in [6, 6.07) is 23.5. The van der Waals surface area contributed by atoms with Crippen LogP contribution in [0.3, 0.4) is 0 Å². The number of rotatable bonds is 14. The Bertz CT molecular complexity index is 1130. The van der Waals surface area contributed by atoms with E-state index in [1.165, 1.54) is 0 Å². The first-order valence-electron chi connectivity index (χ1n) is 12.7. The van der Waals surface area contributed by atoms with E-state index in [-0.39, 0.29) is 18.9 Å². The molecule has 0 fully saturated rings. The third-order valence-corrected chi connectivity index (χ3v) is 5.47. The minimum Gasteiger partial charge on any atom is -0.492 e. The smallest absolute Gasteiger partial charge is 0.415 e. The maximum atomic E-state index is 12.9. The molecular weight excluding hydrogens is 486 g/mol. The van der Waals surface area contributed by atoms with E-state index >= 15 is 0 Å². The maximum absolute atomic E-state index is 12.9. The Morgan fingerprint density at radius 1 is 0.842 bits per heavy atom. The molecule has 0 saturated carbocycles. The summed E-state index contributed by atoms with van der Waals surface area (Å²) in [5.41, 5.74) is 0.836. The summed E-state index contributed by atoms with van der Waals surface area (Å²) >= 11 is 0. The topological polar surface area (TPSA) is 94.5 Å². The van der Waals surface area contributed by atoms with Crippen LogP contribution in [-0.4, -0.2) is 54.5 Å². The number of nitrogens with zero attached hydrogens (tertiary/aromatic N) is 1. The highest BCUT2D eigenvalue weighted by Crippen LogP contribution is 2.24. The van der Waals surface area contributed by atoms with Crippen LogP contribution < -0.4 is 14.2 Å². The fraction of sp³-hybridized carbons (Fsp3) is 0.333. The van der Waals surface area contributed by atoms with Crippen molar-refractivity contribution in [1.82, 2.24) is 4.90 Å². The van der Waals surface area contributed by atoms with E-state index in [0.717, 1.165) is 11.3 Å². The van der Waals surface area contributed by atoms with Crippen molar-refractivity contribution in [3.8, 4) is 23.0 Å². The standard InChI is InChI=1S/C30H35NO7/c1-4-35-28(29(32)33)20-23-10-12-24(13-11-23)36-19-18-31(21-22(2)3)30(34)38-27-16-14-26(15-17-27)37-25-8-6-5-7-9-25/h5-17,22,28H,4,18-21H2,1-3H3,(H,32,33). The predicted molar refractivity (Wildman–Crippen MR) is 144 cm³/mol. The van der Waals surface area contributed by atoms with Crippen molar-refractivity contribution in [2.75, 3.05) is 26.3 Å². The molecule has 0 aromatic heterocycles. The van der Waals surface area contributed by atoms with Crippen LogP contribution >= 0.6 is 0 Å². The molecule has 8 heteroatoms. The second kappa shape index (κ2) is 14.6. The van der Waals surface area contributed by atoms with Crippen molar-refractivity contribution in [1.29, 1.82) is 0 Å². The highest BCUT2D eigenvalue weighted by atomic mass is 16.6. The molecule has 0 spiro atoms. The lowest BCUT2D eigenvalue weighted by molar-refractivity contribution is -0.149. The van der Waals surface area contributed by atoms with Gasteiger partial charge in [-0.3, -0.25) is 0 Å². The Morgan fingerprint density at radius 2 is 1.45 bits per heavy atom. The molecule has 3 aromatic rings. The van der Waals surface area contributed by atoms with Gasteiger partial charge in [0.1, 0.15) is 29.6 Å². The summed E-state index contributed by atoms with van der Waals surface area (Å²) in [5.74, 6) is 1.68. The number of amides is 1. The second-order valence-corrected chi connectivity index (χ2v) is 9.07. The molecule has 0 aliphatic heterocycles. The average molecular weight is 522 g/mol. The number of hydrogen-bond acceptors (Lipinski definition) is 6. The molecule has 0 heterocycles. The number of ether oxygens (including phenoxy) is 4. The summed E-state index contributed by atoms with van der Waals surface area (Å²) in [6.45, 7) is 7.31. The quantitative estimate of drug-likeness (QED) is 0.276. The van der Waals surface area contributed by atoms with Gasteiger partial charge in [-0.2, -0.15) is 0 Å². The van der Waals surface area contributed by atoms with Gasteiger partial charge in [-0.15, -0.1) is 0 Å². The lowest BCUT2D eigenvalue weighted by Gasteiger charge is -2.24. The molecule has 3 rings (SSSR count). The molecule has 1 unspecified atom stereocenters. The molecule has 0 saturated heterocycles. The minimum atomic E-state index is -0.985. The van der Waals surface area contributed by atoms with Crippen molar-refractivity contribution in [2.45, 2.75) is 33.3 Å². The Balaban J connectivity index is 1.51. The van der Waals surface area contributed by atoms with Gasteiger partial charge in [0.2, 0.25) is 0 Å². The van der Waals surface area contributed by atoms with Crippen LogP contribution in [-0.2, 0) is 16.0 Å². The Labute approximate surface area is 223 Å².